The molecule has 0 saturated carbocycles. The minimum Gasteiger partial charge on any atom is -0.399 e. The van der Waals surface area contributed by atoms with Gasteiger partial charge in [0.25, 0.3) is 0 Å². The van der Waals surface area contributed by atoms with Gasteiger partial charge in [-0.3, -0.25) is 4.79 Å². The van der Waals surface area contributed by atoms with Crippen molar-refractivity contribution in [2.75, 3.05) is 22.8 Å². The van der Waals surface area contributed by atoms with E-state index in [0.717, 1.165) is 27.9 Å². The molecule has 1 aromatic heterocycles. The molecule has 0 spiro atoms. The lowest BCUT2D eigenvalue weighted by Gasteiger charge is -2.13. The monoisotopic (exact) mass is 432 g/mol. The molecule has 31 heavy (non-hydrogen) atoms. The lowest BCUT2D eigenvalue weighted by Crippen LogP contribution is -2.02. The van der Waals surface area contributed by atoms with Crippen LogP contribution in [-0.2, 0) is 0 Å². The molecule has 0 aliphatic rings. The average molecular weight is 433 g/mol. The van der Waals surface area contributed by atoms with Gasteiger partial charge in [0.15, 0.2) is 11.6 Å². The predicted molar refractivity (Wildman–Crippen MR) is 127 cm³/mol. The van der Waals surface area contributed by atoms with Crippen LogP contribution in [-0.4, -0.2) is 23.3 Å². The van der Waals surface area contributed by atoms with Crippen molar-refractivity contribution in [3.05, 3.63) is 83.3 Å². The van der Waals surface area contributed by atoms with Crippen molar-refractivity contribution in [1.29, 1.82) is 0 Å². The third-order valence-electron chi connectivity index (χ3n) is 4.00. The van der Waals surface area contributed by atoms with E-state index in [2.05, 4.69) is 15.2 Å². The Morgan fingerprint density at radius 1 is 0.935 bits per heavy atom. The highest BCUT2D eigenvalue weighted by Gasteiger charge is 2.10. The maximum Gasteiger partial charge on any atom is 0.180 e. The zero-order valence-electron chi connectivity index (χ0n) is 16.6. The van der Waals surface area contributed by atoms with Gasteiger partial charge in [-0.1, -0.05) is 23.4 Å². The lowest BCUT2D eigenvalue weighted by molar-refractivity contribution is 0.112. The van der Waals surface area contributed by atoms with E-state index in [1.807, 2.05) is 60.7 Å². The van der Waals surface area contributed by atoms with Crippen LogP contribution in [0.3, 0.4) is 0 Å². The minimum absolute atomic E-state index is 0.592. The summed E-state index contributed by atoms with van der Waals surface area (Å²) in [7, 11) is 1.19. The fraction of sp³-hybridized carbons (Fsp3) is 0.0455. The Morgan fingerprint density at radius 2 is 1.58 bits per heavy atom. The van der Waals surface area contributed by atoms with Crippen molar-refractivity contribution in [3.8, 4) is 0 Å². The number of aromatic nitrogens is 2. The molecule has 0 bridgehead atoms. The Morgan fingerprint density at radius 3 is 2.19 bits per heavy atom. The van der Waals surface area contributed by atoms with Gasteiger partial charge in [0, 0.05) is 21.8 Å². The van der Waals surface area contributed by atoms with Gasteiger partial charge in [0.2, 0.25) is 0 Å². The number of fused-ring (bicyclic) bond motifs is 1. The van der Waals surface area contributed by atoms with Crippen LogP contribution >= 0.6 is 11.9 Å². The van der Waals surface area contributed by atoms with Crippen molar-refractivity contribution in [3.63, 3.8) is 0 Å². The second kappa shape index (κ2) is 10.7. The van der Waals surface area contributed by atoms with Crippen LogP contribution in [0.2, 0.25) is 0 Å². The quantitative estimate of drug-likeness (QED) is 0.163. The van der Waals surface area contributed by atoms with Crippen LogP contribution in [0.4, 0.5) is 23.0 Å². The fourth-order valence-corrected chi connectivity index (χ4v) is 3.32. The number of rotatable bonds is 6. The number of hydrogen-bond donors (Lipinski definition) is 3. The van der Waals surface area contributed by atoms with E-state index in [1.165, 1.54) is 19.0 Å². The number of nitrogens with one attached hydrogen (secondary N) is 2. The molecule has 0 amide bonds. The average Bonchev–Trinajstić information content (AvgIpc) is 2.79. The van der Waals surface area contributed by atoms with E-state index in [1.54, 1.807) is 12.1 Å². The van der Waals surface area contributed by atoms with E-state index in [0.29, 0.717) is 22.9 Å². The van der Waals surface area contributed by atoms with E-state index in [-0.39, 0.29) is 0 Å². The summed E-state index contributed by atoms with van der Waals surface area (Å²) >= 11 is 1.41. The first-order valence-electron chi connectivity index (χ1n) is 9.22. The Balaban J connectivity index is 0.000000858. The summed E-state index contributed by atoms with van der Waals surface area (Å²) in [5, 5.41) is 5.52. The first-order valence-corrected chi connectivity index (χ1v) is 10.0. The number of nitrogens with zero attached hydrogens (tertiary/aromatic N) is 3. The van der Waals surface area contributed by atoms with Crippen molar-refractivity contribution >= 4 is 52.3 Å². The SMILES string of the molecule is CN=O.Nc1cccc(SNc2nc3ccccc3nc2Nc2ccc(C=O)cc2)c1. The molecule has 9 heteroatoms. The molecular weight excluding hydrogens is 412 g/mol. The van der Waals surface area contributed by atoms with Crippen LogP contribution in [0.25, 0.3) is 11.0 Å². The van der Waals surface area contributed by atoms with Gasteiger partial charge in [-0.05, 0) is 66.5 Å². The summed E-state index contributed by atoms with van der Waals surface area (Å²) in [6, 6.07) is 22.4. The molecule has 0 unspecified atom stereocenters. The van der Waals surface area contributed by atoms with Crippen LogP contribution < -0.4 is 15.8 Å². The topological polar surface area (TPSA) is 122 Å². The van der Waals surface area contributed by atoms with E-state index < -0.39 is 0 Å². The van der Waals surface area contributed by atoms with Gasteiger partial charge in [-0.15, -0.1) is 0 Å². The maximum atomic E-state index is 10.9. The third-order valence-corrected chi connectivity index (χ3v) is 4.79. The normalized spacial score (nSPS) is 9.97. The van der Waals surface area contributed by atoms with Gasteiger partial charge in [0.05, 0.1) is 18.1 Å². The number of carbonyl (C=O) groups excluding carboxylic acids is 1. The molecule has 0 fully saturated rings. The van der Waals surface area contributed by atoms with Gasteiger partial charge in [0.1, 0.15) is 6.29 Å². The van der Waals surface area contributed by atoms with Crippen LogP contribution in [0.15, 0.2) is 82.9 Å². The first-order chi connectivity index (χ1) is 15.1. The van der Waals surface area contributed by atoms with E-state index in [4.69, 9.17) is 20.6 Å². The Labute approximate surface area is 183 Å². The lowest BCUT2D eigenvalue weighted by atomic mass is 10.2. The van der Waals surface area contributed by atoms with Crippen molar-refractivity contribution in [2.24, 2.45) is 5.18 Å². The number of para-hydroxylation sites is 2. The molecule has 4 aromatic rings. The molecule has 4 rings (SSSR count). The highest BCUT2D eigenvalue weighted by atomic mass is 32.2. The number of nitrogen functional groups attached to an aromatic ring is 1. The second-order valence-electron chi connectivity index (χ2n) is 6.23. The molecule has 156 valence electrons. The first kappa shape index (κ1) is 21.7. The van der Waals surface area contributed by atoms with Gasteiger partial charge in [-0.2, -0.15) is 4.91 Å². The minimum atomic E-state index is 0.592. The molecule has 8 nitrogen and oxygen atoms in total. The number of hydrogen-bond acceptors (Lipinski definition) is 9. The summed E-state index contributed by atoms with van der Waals surface area (Å²) in [6.45, 7) is 0. The Hall–Kier alpha value is -3.98. The number of aldehydes is 1. The summed E-state index contributed by atoms with van der Waals surface area (Å²) in [5.74, 6) is 1.19. The molecule has 4 N–H and O–H groups in total. The highest BCUT2D eigenvalue weighted by Crippen LogP contribution is 2.29. The number of carbonyl (C=O) groups is 1. The van der Waals surface area contributed by atoms with Crippen LogP contribution in [0.1, 0.15) is 10.4 Å². The highest BCUT2D eigenvalue weighted by molar-refractivity contribution is 8.00. The zero-order valence-corrected chi connectivity index (χ0v) is 17.5. The summed E-state index contributed by atoms with van der Waals surface area (Å²) < 4.78 is 3.26. The number of nitrogens with two attached hydrogens (primary N) is 1. The standard InChI is InChI=1S/C21H17N5OS.CH3NO/c22-15-4-3-5-17(12-15)28-26-21-20(23-16-10-8-14(13-27)9-11-16)24-18-6-1-2-7-19(18)25-21;1-2-3/h1-13H,22H2,(H,23,24)(H,25,26);1H3. The smallest absolute Gasteiger partial charge is 0.180 e. The predicted octanol–water partition coefficient (Wildman–Crippen LogP) is 5.27. The fourth-order valence-electron chi connectivity index (χ4n) is 2.63. The summed E-state index contributed by atoms with van der Waals surface area (Å²) in [4.78, 5) is 29.8. The van der Waals surface area contributed by atoms with Crippen molar-refractivity contribution < 1.29 is 4.79 Å². The van der Waals surface area contributed by atoms with E-state index in [9.17, 15) is 4.79 Å². The van der Waals surface area contributed by atoms with Crippen LogP contribution in [0.5, 0.6) is 0 Å². The molecule has 0 atom stereocenters. The number of nitroso groups, excluding NO2 is 1. The van der Waals surface area contributed by atoms with Gasteiger partial charge in [-0.25, -0.2) is 9.97 Å². The summed E-state index contributed by atoms with van der Waals surface area (Å²) in [5.41, 5.74) is 9.56. The molecule has 0 saturated heterocycles. The molecule has 1 heterocycles. The largest absolute Gasteiger partial charge is 0.399 e. The van der Waals surface area contributed by atoms with Gasteiger partial charge < -0.3 is 15.8 Å². The number of benzene rings is 3. The zero-order chi connectivity index (χ0) is 22.1. The van der Waals surface area contributed by atoms with Crippen molar-refractivity contribution in [2.45, 2.75) is 4.90 Å². The maximum absolute atomic E-state index is 10.9. The van der Waals surface area contributed by atoms with Gasteiger partial charge >= 0.3 is 0 Å². The molecule has 0 aliphatic heterocycles. The third kappa shape index (κ3) is 6.00. The molecule has 3 aromatic carbocycles. The molecule has 0 aliphatic carbocycles. The number of anilines is 4. The Kier molecular flexibility index (Phi) is 7.50. The molecule has 0 radical (unpaired) electrons. The Bertz CT molecular complexity index is 1180. The molecular formula is C22H20N6O2S. The van der Waals surface area contributed by atoms with Crippen molar-refractivity contribution in [1.82, 2.24) is 9.97 Å². The summed E-state index contributed by atoms with van der Waals surface area (Å²) in [6.07, 6.45) is 0.814. The second-order valence-corrected chi connectivity index (χ2v) is 7.11. The van der Waals surface area contributed by atoms with E-state index >= 15 is 0 Å². The van der Waals surface area contributed by atoms with Crippen LogP contribution in [0, 0.1) is 4.91 Å².